The Balaban J connectivity index is 1.43. The molecule has 1 aliphatic rings. The normalized spacial score (nSPS) is 14.1. The van der Waals surface area contributed by atoms with Crippen LogP contribution in [0.5, 0.6) is 0 Å². The van der Waals surface area contributed by atoms with Crippen LogP contribution in [0.1, 0.15) is 60.1 Å². The van der Waals surface area contributed by atoms with E-state index in [2.05, 4.69) is 22.6 Å². The lowest BCUT2D eigenvalue weighted by Gasteiger charge is -2.43. The first-order valence-corrected chi connectivity index (χ1v) is 12.7. The molecule has 1 fully saturated rings. The van der Waals surface area contributed by atoms with E-state index in [1.165, 1.54) is 0 Å². The van der Waals surface area contributed by atoms with Crippen LogP contribution >= 0.6 is 0 Å². The van der Waals surface area contributed by atoms with Gasteiger partial charge in [-0.05, 0) is 62.3 Å². The lowest BCUT2D eigenvalue weighted by molar-refractivity contribution is -0.118. The lowest BCUT2D eigenvalue weighted by Crippen LogP contribution is -2.50. The van der Waals surface area contributed by atoms with Crippen LogP contribution in [-0.4, -0.2) is 21.8 Å². The predicted octanol–water partition coefficient (Wildman–Crippen LogP) is 6.11. The Morgan fingerprint density at radius 3 is 2.27 bits per heavy atom. The Labute approximate surface area is 215 Å². The first kappa shape index (κ1) is 24.4. The molecule has 0 spiro atoms. The fourth-order valence-corrected chi connectivity index (χ4v) is 4.91. The van der Waals surface area contributed by atoms with E-state index < -0.39 is 5.91 Å². The van der Waals surface area contributed by atoms with Gasteiger partial charge in [0.05, 0.1) is 28.0 Å². The van der Waals surface area contributed by atoms with Crippen LogP contribution in [0.3, 0.4) is 0 Å². The van der Waals surface area contributed by atoms with E-state index in [0.29, 0.717) is 35.9 Å². The minimum Gasteiger partial charge on any atom is -0.343 e. The van der Waals surface area contributed by atoms with E-state index in [-0.39, 0.29) is 17.9 Å². The average molecular weight is 493 g/mol. The van der Waals surface area contributed by atoms with Gasteiger partial charge < -0.3 is 5.32 Å². The highest BCUT2D eigenvalue weighted by molar-refractivity contribution is 5.98. The molecule has 3 aromatic carbocycles. The smallest absolute Gasteiger partial charge is 0.286 e. The molecule has 7 heteroatoms. The van der Waals surface area contributed by atoms with Crippen molar-refractivity contribution in [2.45, 2.75) is 50.5 Å². The third-order valence-corrected chi connectivity index (χ3v) is 7.09. The first-order chi connectivity index (χ1) is 18.1. The molecule has 0 atom stereocenters. The number of amides is 2. The topological polar surface area (TPSA) is 101 Å². The Bertz CT molecular complexity index is 1430. The van der Waals surface area contributed by atoms with Crippen molar-refractivity contribution in [2.75, 3.05) is 0 Å². The third kappa shape index (κ3) is 5.31. The van der Waals surface area contributed by atoms with Gasteiger partial charge in [0.15, 0.2) is 0 Å². The molecule has 7 nitrogen and oxygen atoms in total. The number of benzene rings is 3. The molecule has 1 N–H and O–H groups in total. The number of aryl methyl sites for hydroxylation is 1. The molecule has 0 aliphatic heterocycles. The van der Waals surface area contributed by atoms with E-state index in [1.807, 2.05) is 54.6 Å². The second-order valence-corrected chi connectivity index (χ2v) is 9.54. The van der Waals surface area contributed by atoms with Gasteiger partial charge in [0, 0.05) is 22.7 Å². The number of unbranched alkanes of at least 4 members (excludes halogenated alkanes) is 1. The molecule has 186 valence electrons. The molecular formula is C30H28N4O3. The van der Waals surface area contributed by atoms with Crippen molar-refractivity contribution in [2.24, 2.45) is 5.18 Å². The molecule has 0 bridgehead atoms. The number of carbonyl (C=O) groups is 2. The summed E-state index contributed by atoms with van der Waals surface area (Å²) in [7, 11) is 0. The van der Waals surface area contributed by atoms with Crippen LogP contribution in [0, 0.1) is 4.91 Å². The molecule has 2 amide bonds. The fourth-order valence-electron chi connectivity index (χ4n) is 4.91. The number of carbonyl (C=O) groups excluding carboxylic acids is 2. The molecule has 0 radical (unpaired) electrons. The van der Waals surface area contributed by atoms with E-state index >= 15 is 0 Å². The molecule has 0 unspecified atom stereocenters. The molecule has 1 aliphatic carbocycles. The first-order valence-electron chi connectivity index (χ1n) is 12.7. The molecule has 1 heterocycles. The third-order valence-electron chi connectivity index (χ3n) is 7.09. The standard InChI is InChI=1S/C30H28N4O3/c35-27(34-37)15-8-7-14-25-28(21-10-3-1-4-11-21)32-24-17-16-22(20-26(24)31-25)29(36)33-30(18-9-19-30)23-12-5-2-6-13-23/h1-6,10-13,16-17,20H,7-9,14-15,18-19H2,(H,33,36). The molecule has 1 saturated carbocycles. The van der Waals surface area contributed by atoms with Crippen LogP contribution in [0.25, 0.3) is 22.3 Å². The molecule has 1 aromatic heterocycles. The number of nitrogens with one attached hydrogen (secondary N) is 1. The number of fused-ring (bicyclic) bond motifs is 1. The summed E-state index contributed by atoms with van der Waals surface area (Å²) >= 11 is 0. The quantitative estimate of drug-likeness (QED) is 0.224. The van der Waals surface area contributed by atoms with Crippen molar-refractivity contribution in [1.82, 2.24) is 15.3 Å². The molecular weight excluding hydrogens is 464 g/mol. The van der Waals surface area contributed by atoms with Crippen LogP contribution in [-0.2, 0) is 16.8 Å². The van der Waals surface area contributed by atoms with Gasteiger partial charge in [0.2, 0.25) is 0 Å². The number of rotatable bonds is 9. The summed E-state index contributed by atoms with van der Waals surface area (Å²) in [6.45, 7) is 0. The fraction of sp³-hybridized carbons (Fsp3) is 0.267. The summed E-state index contributed by atoms with van der Waals surface area (Å²) in [6, 6.07) is 25.4. The van der Waals surface area contributed by atoms with Gasteiger partial charge in [0.1, 0.15) is 0 Å². The highest BCUT2D eigenvalue weighted by atomic mass is 16.3. The Kier molecular flexibility index (Phi) is 7.12. The summed E-state index contributed by atoms with van der Waals surface area (Å²) in [5, 5.41) is 5.75. The number of aromatic nitrogens is 2. The van der Waals surface area contributed by atoms with Crippen LogP contribution in [0.2, 0.25) is 0 Å². The van der Waals surface area contributed by atoms with Crippen LogP contribution < -0.4 is 5.32 Å². The Hall–Kier alpha value is -4.26. The zero-order valence-corrected chi connectivity index (χ0v) is 20.5. The number of hydrogen-bond acceptors (Lipinski definition) is 5. The predicted molar refractivity (Wildman–Crippen MR) is 143 cm³/mol. The summed E-state index contributed by atoms with van der Waals surface area (Å²) < 4.78 is 0. The maximum absolute atomic E-state index is 13.3. The molecule has 37 heavy (non-hydrogen) atoms. The van der Waals surface area contributed by atoms with E-state index in [1.54, 1.807) is 12.1 Å². The van der Waals surface area contributed by atoms with E-state index in [0.717, 1.165) is 41.8 Å². The SMILES string of the molecule is O=NC(=O)CCCCc1nc2cc(C(=O)NC3(c4ccccc4)CCC3)ccc2nc1-c1ccccc1. The number of hydrogen-bond donors (Lipinski definition) is 1. The van der Waals surface area contributed by atoms with E-state index in [4.69, 9.17) is 9.97 Å². The Morgan fingerprint density at radius 2 is 1.59 bits per heavy atom. The highest BCUT2D eigenvalue weighted by Crippen LogP contribution is 2.41. The van der Waals surface area contributed by atoms with Crippen LogP contribution in [0.15, 0.2) is 84.0 Å². The van der Waals surface area contributed by atoms with Gasteiger partial charge in [-0.25, -0.2) is 9.97 Å². The van der Waals surface area contributed by atoms with Crippen molar-refractivity contribution < 1.29 is 9.59 Å². The Morgan fingerprint density at radius 1 is 0.865 bits per heavy atom. The second-order valence-electron chi connectivity index (χ2n) is 9.54. The maximum Gasteiger partial charge on any atom is 0.286 e. The number of nitroso groups, excluding NO2 is 1. The van der Waals surface area contributed by atoms with Gasteiger partial charge in [-0.2, -0.15) is 0 Å². The van der Waals surface area contributed by atoms with Crippen molar-refractivity contribution in [3.05, 3.63) is 101 Å². The lowest BCUT2D eigenvalue weighted by atomic mass is 9.71. The molecule has 4 aromatic rings. The zero-order valence-electron chi connectivity index (χ0n) is 20.5. The van der Waals surface area contributed by atoms with Gasteiger partial charge in [-0.1, -0.05) is 60.7 Å². The van der Waals surface area contributed by atoms with Crippen LogP contribution in [0.4, 0.5) is 0 Å². The van der Waals surface area contributed by atoms with Gasteiger partial charge in [0.25, 0.3) is 11.8 Å². The van der Waals surface area contributed by atoms with Gasteiger partial charge >= 0.3 is 0 Å². The molecule has 5 rings (SSSR count). The highest BCUT2D eigenvalue weighted by Gasteiger charge is 2.40. The summed E-state index contributed by atoms with van der Waals surface area (Å²) in [5.41, 5.74) is 5.24. The van der Waals surface area contributed by atoms with Gasteiger partial charge in [-0.15, -0.1) is 4.91 Å². The molecule has 0 saturated heterocycles. The van der Waals surface area contributed by atoms with Gasteiger partial charge in [-0.3, -0.25) is 9.59 Å². The van der Waals surface area contributed by atoms with E-state index in [9.17, 15) is 14.5 Å². The number of nitrogens with zero attached hydrogens (tertiary/aromatic N) is 3. The zero-order chi connectivity index (χ0) is 25.7. The summed E-state index contributed by atoms with van der Waals surface area (Å²) in [6.07, 6.45) is 4.85. The largest absolute Gasteiger partial charge is 0.343 e. The summed E-state index contributed by atoms with van der Waals surface area (Å²) in [4.78, 5) is 44.8. The summed E-state index contributed by atoms with van der Waals surface area (Å²) in [5.74, 6) is -0.760. The average Bonchev–Trinajstić information content (AvgIpc) is 2.93. The van der Waals surface area contributed by atoms with Crippen molar-refractivity contribution in [1.29, 1.82) is 0 Å². The van der Waals surface area contributed by atoms with Crippen molar-refractivity contribution in [3.8, 4) is 11.3 Å². The maximum atomic E-state index is 13.3. The monoisotopic (exact) mass is 492 g/mol. The van der Waals surface area contributed by atoms with Crippen molar-refractivity contribution in [3.63, 3.8) is 0 Å². The minimum absolute atomic E-state index is 0.124. The van der Waals surface area contributed by atoms with Crippen molar-refractivity contribution >= 4 is 22.8 Å². The second kappa shape index (κ2) is 10.8. The minimum atomic E-state index is -0.636.